The van der Waals surface area contributed by atoms with Crippen LogP contribution in [0.5, 0.6) is 0 Å². The van der Waals surface area contributed by atoms with Crippen LogP contribution in [-0.4, -0.2) is 57.9 Å². The number of nitrogens with zero attached hydrogens (tertiary/aromatic N) is 4. The molecule has 2 aliphatic rings. The molecule has 2 fully saturated rings. The number of rotatable bonds is 7. The van der Waals surface area contributed by atoms with Gasteiger partial charge in [-0.2, -0.15) is 0 Å². The molecule has 0 radical (unpaired) electrons. The zero-order valence-electron chi connectivity index (χ0n) is 18.3. The molecule has 1 N–H and O–H groups in total. The van der Waals surface area contributed by atoms with Gasteiger partial charge in [-0.1, -0.05) is 0 Å². The third-order valence-electron chi connectivity index (χ3n) is 6.59. The summed E-state index contributed by atoms with van der Waals surface area (Å²) in [7, 11) is 0. The first-order chi connectivity index (χ1) is 15.1. The summed E-state index contributed by atoms with van der Waals surface area (Å²) in [6.07, 6.45) is 9.07. The van der Waals surface area contributed by atoms with Crippen molar-refractivity contribution >= 4 is 17.4 Å². The molecule has 1 unspecified atom stereocenters. The van der Waals surface area contributed by atoms with Gasteiger partial charge >= 0.3 is 0 Å². The molecule has 6 nitrogen and oxygen atoms in total. The van der Waals surface area contributed by atoms with Gasteiger partial charge in [-0.25, -0.2) is 9.37 Å². The average molecular weight is 426 g/mol. The Morgan fingerprint density at radius 3 is 2.52 bits per heavy atom. The summed E-state index contributed by atoms with van der Waals surface area (Å²) >= 11 is 0. The van der Waals surface area contributed by atoms with Crippen LogP contribution in [0.1, 0.15) is 57.1 Å². The van der Waals surface area contributed by atoms with E-state index in [1.54, 1.807) is 12.3 Å². The highest BCUT2D eigenvalue weighted by molar-refractivity contribution is 5.76. The van der Waals surface area contributed by atoms with Crippen molar-refractivity contribution in [2.24, 2.45) is 0 Å². The molecule has 0 aromatic carbocycles. The standard InChI is InChI=1S/C24H32FN5O/c1-18(29-12-2-3-13-29)4-9-24(31)30-14-10-19(11-15-30)22-7-6-21(17-26-22)28-23-8-5-20(25)16-27-23/h5-8,16-19H,2-4,9-15H2,1H3,(H,27,28). The van der Waals surface area contributed by atoms with Gasteiger partial charge in [-0.05, 0) is 76.4 Å². The minimum absolute atomic E-state index is 0.295. The Hall–Kier alpha value is -2.54. The van der Waals surface area contributed by atoms with Crippen molar-refractivity contribution in [2.75, 3.05) is 31.5 Å². The molecule has 2 aromatic rings. The molecule has 0 aliphatic carbocycles. The molecule has 1 atom stereocenters. The summed E-state index contributed by atoms with van der Waals surface area (Å²) in [4.78, 5) is 25.8. The van der Waals surface area contributed by atoms with E-state index in [0.29, 0.717) is 30.1 Å². The van der Waals surface area contributed by atoms with Crippen molar-refractivity contribution < 1.29 is 9.18 Å². The summed E-state index contributed by atoms with van der Waals surface area (Å²) in [5.74, 6) is 0.904. The molecular weight excluding hydrogens is 393 g/mol. The summed E-state index contributed by atoms with van der Waals surface area (Å²) in [5.41, 5.74) is 1.88. The summed E-state index contributed by atoms with van der Waals surface area (Å²) in [5, 5.41) is 3.13. The first kappa shape index (κ1) is 21.7. The van der Waals surface area contributed by atoms with Crippen LogP contribution in [0.25, 0.3) is 0 Å². The highest BCUT2D eigenvalue weighted by Gasteiger charge is 2.25. The molecule has 0 bridgehead atoms. The number of anilines is 2. The molecule has 1 amide bonds. The van der Waals surface area contributed by atoms with Gasteiger partial charge in [-0.3, -0.25) is 9.78 Å². The molecule has 4 rings (SSSR count). The van der Waals surface area contributed by atoms with Crippen LogP contribution in [0, 0.1) is 5.82 Å². The maximum absolute atomic E-state index is 13.0. The first-order valence-corrected chi connectivity index (χ1v) is 11.4. The van der Waals surface area contributed by atoms with Gasteiger partial charge in [0.25, 0.3) is 0 Å². The minimum atomic E-state index is -0.357. The maximum Gasteiger partial charge on any atom is 0.222 e. The van der Waals surface area contributed by atoms with E-state index in [1.165, 1.54) is 38.2 Å². The molecule has 166 valence electrons. The van der Waals surface area contributed by atoms with E-state index in [1.807, 2.05) is 17.0 Å². The Morgan fingerprint density at radius 2 is 1.87 bits per heavy atom. The smallest absolute Gasteiger partial charge is 0.222 e. The topological polar surface area (TPSA) is 61.4 Å². The van der Waals surface area contributed by atoms with E-state index in [2.05, 4.69) is 27.1 Å². The van der Waals surface area contributed by atoms with Gasteiger partial charge < -0.3 is 15.1 Å². The largest absolute Gasteiger partial charge is 0.343 e. The number of carbonyl (C=O) groups excluding carboxylic acids is 1. The predicted octanol–water partition coefficient (Wildman–Crippen LogP) is 4.33. The van der Waals surface area contributed by atoms with Crippen molar-refractivity contribution in [3.63, 3.8) is 0 Å². The van der Waals surface area contributed by atoms with Gasteiger partial charge in [-0.15, -0.1) is 0 Å². The van der Waals surface area contributed by atoms with E-state index in [9.17, 15) is 9.18 Å². The lowest BCUT2D eigenvalue weighted by molar-refractivity contribution is -0.132. The van der Waals surface area contributed by atoms with Crippen LogP contribution in [0.4, 0.5) is 15.9 Å². The molecular formula is C24H32FN5O. The quantitative estimate of drug-likeness (QED) is 0.715. The van der Waals surface area contributed by atoms with Crippen molar-refractivity contribution in [1.29, 1.82) is 0 Å². The van der Waals surface area contributed by atoms with Crippen molar-refractivity contribution in [2.45, 2.75) is 57.4 Å². The second-order valence-electron chi connectivity index (χ2n) is 8.74. The van der Waals surface area contributed by atoms with Gasteiger partial charge in [0.2, 0.25) is 5.91 Å². The Labute approximate surface area is 183 Å². The number of nitrogens with one attached hydrogen (secondary N) is 1. The number of piperidine rings is 1. The zero-order chi connectivity index (χ0) is 21.6. The lowest BCUT2D eigenvalue weighted by atomic mass is 9.92. The van der Waals surface area contributed by atoms with E-state index < -0.39 is 0 Å². The van der Waals surface area contributed by atoms with E-state index in [4.69, 9.17) is 0 Å². The Bertz CT molecular complexity index is 843. The van der Waals surface area contributed by atoms with Crippen molar-refractivity contribution in [1.82, 2.24) is 19.8 Å². The molecule has 31 heavy (non-hydrogen) atoms. The van der Waals surface area contributed by atoms with Crippen LogP contribution < -0.4 is 5.32 Å². The second-order valence-corrected chi connectivity index (χ2v) is 8.74. The van der Waals surface area contributed by atoms with Crippen LogP contribution in [0.3, 0.4) is 0 Å². The van der Waals surface area contributed by atoms with E-state index in [-0.39, 0.29) is 5.82 Å². The molecule has 4 heterocycles. The number of pyridine rings is 2. The summed E-state index contributed by atoms with van der Waals surface area (Å²) in [6, 6.07) is 7.49. The monoisotopic (exact) mass is 425 g/mol. The van der Waals surface area contributed by atoms with E-state index in [0.717, 1.165) is 43.7 Å². The fraction of sp³-hybridized carbons (Fsp3) is 0.542. The highest BCUT2D eigenvalue weighted by atomic mass is 19.1. The summed E-state index contributed by atoms with van der Waals surface area (Å²) < 4.78 is 13.0. The third-order valence-corrected chi connectivity index (χ3v) is 6.59. The Morgan fingerprint density at radius 1 is 1.10 bits per heavy atom. The number of hydrogen-bond acceptors (Lipinski definition) is 5. The number of hydrogen-bond donors (Lipinski definition) is 1. The normalized spacial score (nSPS) is 18.8. The SMILES string of the molecule is CC(CCC(=O)N1CCC(c2ccc(Nc3ccc(F)cn3)cn2)CC1)N1CCCC1. The number of likely N-dealkylation sites (tertiary alicyclic amines) is 2. The lowest BCUT2D eigenvalue weighted by Crippen LogP contribution is -2.39. The van der Waals surface area contributed by atoms with Crippen LogP contribution in [0.15, 0.2) is 36.7 Å². The molecule has 2 aliphatic heterocycles. The predicted molar refractivity (Wildman–Crippen MR) is 120 cm³/mol. The number of aromatic nitrogens is 2. The van der Waals surface area contributed by atoms with E-state index >= 15 is 0 Å². The van der Waals surface area contributed by atoms with Crippen molar-refractivity contribution in [3.8, 4) is 0 Å². The first-order valence-electron chi connectivity index (χ1n) is 11.4. The molecule has 2 aromatic heterocycles. The van der Waals surface area contributed by atoms with Crippen LogP contribution >= 0.6 is 0 Å². The zero-order valence-corrected chi connectivity index (χ0v) is 18.3. The lowest BCUT2D eigenvalue weighted by Gasteiger charge is -2.32. The third kappa shape index (κ3) is 5.79. The second kappa shape index (κ2) is 10.2. The van der Waals surface area contributed by atoms with Gasteiger partial charge in [0, 0.05) is 37.2 Å². The molecule has 2 saturated heterocycles. The highest BCUT2D eigenvalue weighted by Crippen LogP contribution is 2.28. The maximum atomic E-state index is 13.0. The number of halogens is 1. The number of amides is 1. The molecule has 0 spiro atoms. The molecule has 0 saturated carbocycles. The van der Waals surface area contributed by atoms with Crippen molar-refractivity contribution in [3.05, 3.63) is 48.2 Å². The Balaban J connectivity index is 1.22. The number of carbonyl (C=O) groups is 1. The van der Waals surface area contributed by atoms with Gasteiger partial charge in [0.15, 0.2) is 0 Å². The van der Waals surface area contributed by atoms with Crippen LogP contribution in [0.2, 0.25) is 0 Å². The minimum Gasteiger partial charge on any atom is -0.343 e. The fourth-order valence-electron chi connectivity index (χ4n) is 4.60. The average Bonchev–Trinajstić information content (AvgIpc) is 3.35. The fourth-order valence-corrected chi connectivity index (χ4v) is 4.60. The van der Waals surface area contributed by atoms with Gasteiger partial charge in [0.1, 0.15) is 11.6 Å². The molecule has 7 heteroatoms. The summed E-state index contributed by atoms with van der Waals surface area (Å²) in [6.45, 7) is 6.23. The van der Waals surface area contributed by atoms with Gasteiger partial charge in [0.05, 0.1) is 18.1 Å². The Kier molecular flexibility index (Phi) is 7.12. The van der Waals surface area contributed by atoms with Crippen LogP contribution in [-0.2, 0) is 4.79 Å².